The van der Waals surface area contributed by atoms with Crippen molar-refractivity contribution in [3.63, 3.8) is 0 Å². The van der Waals surface area contributed by atoms with E-state index < -0.39 is 0 Å². The first-order chi connectivity index (χ1) is 7.31. The molecule has 2 N–H and O–H groups in total. The third kappa shape index (κ3) is 2.39. The molecule has 0 aromatic heterocycles. The van der Waals surface area contributed by atoms with Gasteiger partial charge in [0, 0.05) is 0 Å². The Balaban J connectivity index is 2.08. The molecule has 0 spiro atoms. The van der Waals surface area contributed by atoms with Crippen LogP contribution < -0.4 is 5.32 Å². The minimum absolute atomic E-state index is 0.316. The van der Waals surface area contributed by atoms with Gasteiger partial charge >= 0.3 is 0 Å². The SMILES string of the molecule is CNCCC(O)c1ccc2c(c1)CCC2. The van der Waals surface area contributed by atoms with Gasteiger partial charge in [-0.05, 0) is 56.0 Å². The first-order valence-corrected chi connectivity index (χ1v) is 5.75. The van der Waals surface area contributed by atoms with Crippen molar-refractivity contribution in [2.75, 3.05) is 13.6 Å². The molecule has 0 heterocycles. The summed E-state index contributed by atoms with van der Waals surface area (Å²) in [5.74, 6) is 0. The molecule has 1 atom stereocenters. The topological polar surface area (TPSA) is 32.3 Å². The molecule has 1 unspecified atom stereocenters. The molecule has 2 heteroatoms. The van der Waals surface area contributed by atoms with Crippen molar-refractivity contribution in [2.24, 2.45) is 0 Å². The Bertz CT molecular complexity index is 335. The zero-order valence-corrected chi connectivity index (χ0v) is 9.29. The fourth-order valence-electron chi connectivity index (χ4n) is 2.25. The smallest absolute Gasteiger partial charge is 0.0802 e. The molecule has 0 saturated heterocycles. The van der Waals surface area contributed by atoms with Crippen LogP contribution in [0.1, 0.15) is 35.6 Å². The molecule has 0 radical (unpaired) electrons. The van der Waals surface area contributed by atoms with E-state index in [4.69, 9.17) is 0 Å². The van der Waals surface area contributed by atoms with Crippen LogP contribution in [0.4, 0.5) is 0 Å². The highest BCUT2D eigenvalue weighted by Gasteiger charge is 2.13. The standard InChI is InChI=1S/C13H19NO/c1-14-8-7-13(15)12-6-5-10-3-2-4-11(10)9-12/h5-6,9,13-15H,2-4,7-8H2,1H3. The highest BCUT2D eigenvalue weighted by atomic mass is 16.3. The molecule has 0 fully saturated rings. The molecule has 0 amide bonds. The summed E-state index contributed by atoms with van der Waals surface area (Å²) >= 11 is 0. The van der Waals surface area contributed by atoms with E-state index in [-0.39, 0.29) is 6.10 Å². The van der Waals surface area contributed by atoms with Crippen molar-refractivity contribution in [3.05, 3.63) is 34.9 Å². The van der Waals surface area contributed by atoms with Crippen molar-refractivity contribution in [1.29, 1.82) is 0 Å². The Labute approximate surface area is 91.3 Å². The van der Waals surface area contributed by atoms with E-state index >= 15 is 0 Å². The number of benzene rings is 1. The lowest BCUT2D eigenvalue weighted by molar-refractivity contribution is 0.167. The summed E-state index contributed by atoms with van der Waals surface area (Å²) in [5.41, 5.74) is 3.99. The molecule has 1 aliphatic rings. The van der Waals surface area contributed by atoms with Crippen molar-refractivity contribution in [1.82, 2.24) is 5.32 Å². The lowest BCUT2D eigenvalue weighted by Crippen LogP contribution is -2.12. The lowest BCUT2D eigenvalue weighted by atomic mass is 10.0. The summed E-state index contributed by atoms with van der Waals surface area (Å²) in [6, 6.07) is 6.44. The van der Waals surface area contributed by atoms with Crippen molar-refractivity contribution >= 4 is 0 Å². The number of aliphatic hydroxyl groups is 1. The average Bonchev–Trinajstić information content (AvgIpc) is 2.72. The second kappa shape index (κ2) is 4.77. The summed E-state index contributed by atoms with van der Waals surface area (Å²) < 4.78 is 0. The monoisotopic (exact) mass is 205 g/mol. The summed E-state index contributed by atoms with van der Waals surface area (Å²) in [4.78, 5) is 0. The quantitative estimate of drug-likeness (QED) is 0.786. The van der Waals surface area contributed by atoms with Gasteiger partial charge in [0.15, 0.2) is 0 Å². The van der Waals surface area contributed by atoms with Gasteiger partial charge in [0.05, 0.1) is 6.10 Å². The Morgan fingerprint density at radius 3 is 2.93 bits per heavy atom. The van der Waals surface area contributed by atoms with Crippen LogP contribution in [0.3, 0.4) is 0 Å². The average molecular weight is 205 g/mol. The van der Waals surface area contributed by atoms with Crippen LogP contribution in [-0.4, -0.2) is 18.7 Å². The van der Waals surface area contributed by atoms with Crippen molar-refractivity contribution in [3.8, 4) is 0 Å². The van der Waals surface area contributed by atoms with Gasteiger partial charge in [0.2, 0.25) is 0 Å². The molecule has 0 saturated carbocycles. The minimum Gasteiger partial charge on any atom is -0.388 e. The molecule has 1 aromatic rings. The van der Waals surface area contributed by atoms with E-state index in [1.54, 1.807) is 0 Å². The number of rotatable bonds is 4. The second-order valence-corrected chi connectivity index (χ2v) is 4.29. The predicted octanol–water partition coefficient (Wildman–Crippen LogP) is 1.82. The first kappa shape index (κ1) is 10.7. The van der Waals surface area contributed by atoms with E-state index in [0.717, 1.165) is 18.5 Å². The maximum Gasteiger partial charge on any atom is 0.0802 e. The fourth-order valence-corrected chi connectivity index (χ4v) is 2.25. The van der Waals surface area contributed by atoms with Crippen LogP contribution in [0.5, 0.6) is 0 Å². The molecule has 82 valence electrons. The van der Waals surface area contributed by atoms with E-state index in [1.165, 1.54) is 30.4 Å². The summed E-state index contributed by atoms with van der Waals surface area (Å²) in [6.45, 7) is 0.859. The van der Waals surface area contributed by atoms with Gasteiger partial charge in [0.25, 0.3) is 0 Å². The molecule has 1 aliphatic carbocycles. The molecule has 0 aliphatic heterocycles. The fraction of sp³-hybridized carbons (Fsp3) is 0.538. The highest BCUT2D eigenvalue weighted by Crippen LogP contribution is 2.26. The number of hydrogen-bond donors (Lipinski definition) is 2. The zero-order valence-electron chi connectivity index (χ0n) is 9.29. The van der Waals surface area contributed by atoms with Crippen LogP contribution >= 0.6 is 0 Å². The molecule has 0 bridgehead atoms. The van der Waals surface area contributed by atoms with Gasteiger partial charge in [-0.15, -0.1) is 0 Å². The minimum atomic E-state index is -0.316. The van der Waals surface area contributed by atoms with Gasteiger partial charge in [-0.25, -0.2) is 0 Å². The summed E-state index contributed by atoms with van der Waals surface area (Å²) in [6.07, 6.45) is 4.13. The highest BCUT2D eigenvalue weighted by molar-refractivity contribution is 5.36. The largest absolute Gasteiger partial charge is 0.388 e. The van der Waals surface area contributed by atoms with Crippen molar-refractivity contribution < 1.29 is 5.11 Å². The number of aryl methyl sites for hydroxylation is 2. The number of aliphatic hydroxyl groups excluding tert-OH is 1. The Hall–Kier alpha value is -0.860. The van der Waals surface area contributed by atoms with Crippen LogP contribution in [0, 0.1) is 0 Å². The van der Waals surface area contributed by atoms with E-state index in [1.807, 2.05) is 7.05 Å². The van der Waals surface area contributed by atoms with Gasteiger partial charge in [-0.2, -0.15) is 0 Å². The number of fused-ring (bicyclic) bond motifs is 1. The Morgan fingerprint density at radius 2 is 2.13 bits per heavy atom. The van der Waals surface area contributed by atoms with Gasteiger partial charge in [-0.3, -0.25) is 0 Å². The normalized spacial score (nSPS) is 16.4. The summed E-state index contributed by atoms with van der Waals surface area (Å²) in [5, 5.41) is 13.0. The molecular formula is C13H19NO. The van der Waals surface area contributed by atoms with Crippen LogP contribution in [-0.2, 0) is 12.8 Å². The number of hydrogen-bond acceptors (Lipinski definition) is 2. The summed E-state index contributed by atoms with van der Waals surface area (Å²) in [7, 11) is 1.91. The Kier molecular flexibility index (Phi) is 3.39. The molecule has 2 nitrogen and oxygen atoms in total. The maximum absolute atomic E-state index is 9.94. The molecular weight excluding hydrogens is 186 g/mol. The van der Waals surface area contributed by atoms with E-state index in [0.29, 0.717) is 0 Å². The third-order valence-electron chi connectivity index (χ3n) is 3.18. The molecule has 15 heavy (non-hydrogen) atoms. The number of nitrogens with one attached hydrogen (secondary N) is 1. The van der Waals surface area contributed by atoms with Gasteiger partial charge < -0.3 is 10.4 Å². The molecule has 1 aromatic carbocycles. The first-order valence-electron chi connectivity index (χ1n) is 5.75. The maximum atomic E-state index is 9.94. The van der Waals surface area contributed by atoms with E-state index in [9.17, 15) is 5.11 Å². The predicted molar refractivity (Wildman–Crippen MR) is 62.0 cm³/mol. The third-order valence-corrected chi connectivity index (χ3v) is 3.18. The zero-order chi connectivity index (χ0) is 10.7. The van der Waals surface area contributed by atoms with Crippen LogP contribution in [0.2, 0.25) is 0 Å². The Morgan fingerprint density at radius 1 is 1.33 bits per heavy atom. The van der Waals surface area contributed by atoms with Crippen LogP contribution in [0.25, 0.3) is 0 Å². The van der Waals surface area contributed by atoms with E-state index in [2.05, 4.69) is 23.5 Å². The molecule has 2 rings (SSSR count). The lowest BCUT2D eigenvalue weighted by Gasteiger charge is -2.12. The van der Waals surface area contributed by atoms with Crippen LogP contribution in [0.15, 0.2) is 18.2 Å². The van der Waals surface area contributed by atoms with Gasteiger partial charge in [-0.1, -0.05) is 18.2 Å². The van der Waals surface area contributed by atoms with Crippen molar-refractivity contribution in [2.45, 2.75) is 31.8 Å². The van der Waals surface area contributed by atoms with Gasteiger partial charge in [0.1, 0.15) is 0 Å². The second-order valence-electron chi connectivity index (χ2n) is 4.29.